The summed E-state index contributed by atoms with van der Waals surface area (Å²) in [4.78, 5) is 0. The van der Waals surface area contributed by atoms with Crippen molar-refractivity contribution < 1.29 is 64.2 Å². The van der Waals surface area contributed by atoms with E-state index in [1.54, 1.807) is 30.4 Å². The molecule has 0 radical (unpaired) electrons. The first-order valence-corrected chi connectivity index (χ1v) is 12.4. The fourth-order valence-corrected chi connectivity index (χ4v) is 4.12. The average molecular weight is 569 g/mol. The summed E-state index contributed by atoms with van der Waals surface area (Å²) >= 11 is 0. The zero-order valence-corrected chi connectivity index (χ0v) is 22.3. The molecular weight excluding hydrogens is 532 g/mol. The third kappa shape index (κ3) is 6.95. The van der Waals surface area contributed by atoms with Crippen LogP contribution in [0.15, 0.2) is 36.4 Å². The summed E-state index contributed by atoms with van der Waals surface area (Å²) in [5.74, 6) is 0.617. The SMILES string of the molecule is COc1cc(/C=C/CO)ccc1O[C@@H](CO)[C@@H](O)c1cc(OC)c(O[C@@H]2O[C@H](CO)[C@@H](O)[C@H](O)[C@H]2O)c(OC)c1. The number of rotatable bonds is 13. The second-order valence-corrected chi connectivity index (χ2v) is 8.85. The van der Waals surface area contributed by atoms with E-state index in [9.17, 15) is 30.6 Å². The summed E-state index contributed by atoms with van der Waals surface area (Å²) in [6, 6.07) is 7.78. The highest BCUT2D eigenvalue weighted by Gasteiger charge is 2.45. The lowest BCUT2D eigenvalue weighted by molar-refractivity contribution is -0.277. The van der Waals surface area contributed by atoms with E-state index in [4.69, 9.17) is 33.5 Å². The summed E-state index contributed by atoms with van der Waals surface area (Å²) in [6.45, 7) is -1.34. The third-order valence-corrected chi connectivity index (χ3v) is 6.32. The number of benzene rings is 2. The predicted octanol–water partition coefficient (Wildman–Crippen LogP) is -0.630. The molecule has 0 amide bonds. The number of hydrogen-bond donors (Lipinski definition) is 7. The zero-order valence-electron chi connectivity index (χ0n) is 22.3. The van der Waals surface area contributed by atoms with E-state index in [-0.39, 0.29) is 35.2 Å². The van der Waals surface area contributed by atoms with Crippen molar-refractivity contribution in [1.29, 1.82) is 0 Å². The minimum atomic E-state index is -1.68. The van der Waals surface area contributed by atoms with Gasteiger partial charge in [0, 0.05) is 0 Å². The fourth-order valence-electron chi connectivity index (χ4n) is 4.12. The van der Waals surface area contributed by atoms with Crippen LogP contribution in [0.3, 0.4) is 0 Å². The Kier molecular flexibility index (Phi) is 11.4. The Hall–Kier alpha value is -3.14. The smallest absolute Gasteiger partial charge is 0.229 e. The molecule has 0 aliphatic carbocycles. The molecule has 0 spiro atoms. The largest absolute Gasteiger partial charge is 0.493 e. The maximum absolute atomic E-state index is 11.1. The van der Waals surface area contributed by atoms with Gasteiger partial charge in [0.25, 0.3) is 0 Å². The number of ether oxygens (including phenoxy) is 6. The van der Waals surface area contributed by atoms with Gasteiger partial charge in [-0.15, -0.1) is 0 Å². The van der Waals surface area contributed by atoms with Gasteiger partial charge >= 0.3 is 0 Å². The molecule has 0 saturated carbocycles. The monoisotopic (exact) mass is 568 g/mol. The summed E-state index contributed by atoms with van der Waals surface area (Å²) in [5, 5.41) is 70.1. The van der Waals surface area contributed by atoms with Gasteiger partial charge in [-0.25, -0.2) is 0 Å². The van der Waals surface area contributed by atoms with E-state index in [0.717, 1.165) is 5.56 Å². The Morgan fingerprint density at radius 2 is 1.50 bits per heavy atom. The van der Waals surface area contributed by atoms with Crippen LogP contribution in [0, 0.1) is 0 Å². The van der Waals surface area contributed by atoms with Gasteiger partial charge in [0.15, 0.2) is 29.1 Å². The maximum atomic E-state index is 11.1. The van der Waals surface area contributed by atoms with Gasteiger partial charge in [-0.05, 0) is 35.4 Å². The van der Waals surface area contributed by atoms with Crippen LogP contribution in [0.5, 0.6) is 28.7 Å². The van der Waals surface area contributed by atoms with Crippen molar-refractivity contribution in [3.63, 3.8) is 0 Å². The van der Waals surface area contributed by atoms with E-state index in [0.29, 0.717) is 5.75 Å². The fraction of sp³-hybridized carbons (Fsp3) is 0.481. The number of hydrogen-bond acceptors (Lipinski definition) is 13. The molecule has 0 bridgehead atoms. The zero-order chi connectivity index (χ0) is 29.4. The highest BCUT2D eigenvalue weighted by molar-refractivity contribution is 5.56. The number of aliphatic hydroxyl groups is 7. The van der Waals surface area contributed by atoms with Crippen LogP contribution < -0.4 is 23.7 Å². The minimum Gasteiger partial charge on any atom is -0.493 e. The van der Waals surface area contributed by atoms with E-state index in [1.165, 1.54) is 33.5 Å². The Morgan fingerprint density at radius 3 is 2.05 bits per heavy atom. The molecule has 1 fully saturated rings. The molecule has 7 atom stereocenters. The molecule has 1 saturated heterocycles. The molecule has 1 aliphatic rings. The molecule has 2 aromatic rings. The van der Waals surface area contributed by atoms with Crippen LogP contribution in [0.25, 0.3) is 6.08 Å². The Labute approximate surface area is 231 Å². The lowest BCUT2D eigenvalue weighted by atomic mass is 9.99. The highest BCUT2D eigenvalue weighted by atomic mass is 16.7. The summed E-state index contributed by atoms with van der Waals surface area (Å²) in [7, 11) is 4.08. The lowest BCUT2D eigenvalue weighted by Gasteiger charge is -2.39. The predicted molar refractivity (Wildman–Crippen MR) is 140 cm³/mol. The van der Waals surface area contributed by atoms with Crippen LogP contribution in [0.1, 0.15) is 17.2 Å². The van der Waals surface area contributed by atoms with Gasteiger partial charge in [0.1, 0.15) is 30.5 Å². The van der Waals surface area contributed by atoms with E-state index in [2.05, 4.69) is 0 Å². The molecule has 2 aromatic carbocycles. The van der Waals surface area contributed by atoms with Gasteiger partial charge in [0.05, 0.1) is 41.2 Å². The molecule has 3 rings (SSSR count). The topological polar surface area (TPSA) is 197 Å². The lowest BCUT2D eigenvalue weighted by Crippen LogP contribution is -2.60. The van der Waals surface area contributed by atoms with Crippen molar-refractivity contribution in [3.8, 4) is 28.7 Å². The van der Waals surface area contributed by atoms with Gasteiger partial charge in [-0.3, -0.25) is 0 Å². The van der Waals surface area contributed by atoms with Crippen molar-refractivity contribution in [2.45, 2.75) is 42.9 Å². The molecule has 13 heteroatoms. The standard InChI is InChI=1S/C27H36O13/c1-35-17-9-14(5-4-8-28)6-7-16(17)38-20(12-29)22(31)15-10-18(36-2)26(19(11-15)37-3)40-27-25(34)24(33)23(32)21(13-30)39-27/h4-7,9-11,20-25,27-34H,8,12-13H2,1-3H3/b5-4+/t20-,21+,22-,23+,24-,25+,27-/m0/s1. The Morgan fingerprint density at radius 1 is 0.850 bits per heavy atom. The summed E-state index contributed by atoms with van der Waals surface area (Å²) < 4.78 is 33.2. The van der Waals surface area contributed by atoms with Crippen LogP contribution in [0.4, 0.5) is 0 Å². The molecule has 13 nitrogen and oxygen atoms in total. The number of methoxy groups -OCH3 is 3. The normalized spacial score (nSPS) is 24.4. The molecule has 0 aromatic heterocycles. The van der Waals surface area contributed by atoms with Crippen molar-refractivity contribution >= 4 is 6.08 Å². The van der Waals surface area contributed by atoms with Gasteiger partial charge < -0.3 is 64.2 Å². The van der Waals surface area contributed by atoms with Gasteiger partial charge in [-0.1, -0.05) is 18.2 Å². The quantitative estimate of drug-likeness (QED) is 0.161. The Bertz CT molecular complexity index is 1100. The van der Waals surface area contributed by atoms with Gasteiger partial charge in [0.2, 0.25) is 12.0 Å². The van der Waals surface area contributed by atoms with Gasteiger partial charge in [-0.2, -0.15) is 0 Å². The second-order valence-electron chi connectivity index (χ2n) is 8.85. The first kappa shape index (κ1) is 31.4. The van der Waals surface area contributed by atoms with Crippen molar-refractivity contribution in [2.24, 2.45) is 0 Å². The van der Waals surface area contributed by atoms with Crippen LogP contribution in [0.2, 0.25) is 0 Å². The minimum absolute atomic E-state index is 0.0413. The highest BCUT2D eigenvalue weighted by Crippen LogP contribution is 2.42. The van der Waals surface area contributed by atoms with E-state index >= 15 is 0 Å². The summed E-state index contributed by atoms with van der Waals surface area (Å²) in [5.41, 5.74) is 0.958. The second kappa shape index (κ2) is 14.5. The summed E-state index contributed by atoms with van der Waals surface area (Å²) in [6.07, 6.45) is -6.90. The van der Waals surface area contributed by atoms with E-state index in [1.807, 2.05) is 0 Å². The molecule has 1 heterocycles. The first-order valence-electron chi connectivity index (χ1n) is 12.4. The molecule has 0 unspecified atom stereocenters. The number of aliphatic hydroxyl groups excluding tert-OH is 7. The maximum Gasteiger partial charge on any atom is 0.229 e. The molecule has 7 N–H and O–H groups in total. The molecular formula is C27H36O13. The molecule has 40 heavy (non-hydrogen) atoms. The van der Waals surface area contributed by atoms with E-state index < -0.39 is 56.1 Å². The molecule has 222 valence electrons. The van der Waals surface area contributed by atoms with Crippen LogP contribution >= 0.6 is 0 Å². The third-order valence-electron chi connectivity index (χ3n) is 6.32. The van der Waals surface area contributed by atoms with Crippen molar-refractivity contribution in [2.75, 3.05) is 41.2 Å². The van der Waals surface area contributed by atoms with Crippen molar-refractivity contribution in [3.05, 3.63) is 47.5 Å². The Balaban J connectivity index is 1.88. The van der Waals surface area contributed by atoms with Crippen LogP contribution in [-0.4, -0.2) is 114 Å². The van der Waals surface area contributed by atoms with Crippen molar-refractivity contribution in [1.82, 2.24) is 0 Å². The average Bonchev–Trinajstić information content (AvgIpc) is 2.98. The van der Waals surface area contributed by atoms with Crippen LogP contribution in [-0.2, 0) is 4.74 Å². The molecule has 1 aliphatic heterocycles. The first-order chi connectivity index (χ1) is 19.2.